The second-order valence-electron chi connectivity index (χ2n) is 1.83. The molecule has 1 nitrogen and oxygen atoms in total. The molecule has 0 N–H and O–H groups in total. The zero-order valence-electron chi connectivity index (χ0n) is 6.29. The SMILES string of the molecule is [CH2-]OCc1ccccc1.[Cl-].[Mg+2]. The van der Waals surface area contributed by atoms with Crippen LogP contribution in [-0.4, -0.2) is 23.1 Å². The van der Waals surface area contributed by atoms with Crippen molar-refractivity contribution in [1.29, 1.82) is 0 Å². The van der Waals surface area contributed by atoms with Gasteiger partial charge < -0.3 is 17.1 Å². The molecule has 0 amide bonds. The van der Waals surface area contributed by atoms with Crippen LogP contribution in [0.15, 0.2) is 30.3 Å². The van der Waals surface area contributed by atoms with Crippen molar-refractivity contribution in [3.05, 3.63) is 43.0 Å². The summed E-state index contributed by atoms with van der Waals surface area (Å²) in [5, 5.41) is 0. The van der Waals surface area contributed by atoms with E-state index in [1.165, 1.54) is 0 Å². The number of benzene rings is 1. The summed E-state index contributed by atoms with van der Waals surface area (Å²) in [7, 11) is 3.28. The fourth-order valence-electron chi connectivity index (χ4n) is 0.692. The smallest absolute Gasteiger partial charge is 1.00 e. The Morgan fingerprint density at radius 2 is 1.73 bits per heavy atom. The fourth-order valence-corrected chi connectivity index (χ4v) is 0.692. The molecule has 56 valence electrons. The molecule has 0 aliphatic heterocycles. The minimum Gasteiger partial charge on any atom is -1.00 e. The Morgan fingerprint density at radius 3 is 2.18 bits per heavy atom. The minimum absolute atomic E-state index is 0. The average Bonchev–Trinajstić information content (AvgIpc) is 1.91. The van der Waals surface area contributed by atoms with Crippen molar-refractivity contribution in [3.8, 4) is 0 Å². The molecule has 0 saturated heterocycles. The van der Waals surface area contributed by atoms with Gasteiger partial charge in [0.15, 0.2) is 0 Å². The topological polar surface area (TPSA) is 9.23 Å². The Bertz CT molecular complexity index is 167. The molecule has 3 heteroatoms. The van der Waals surface area contributed by atoms with Gasteiger partial charge in [-0.05, 0) is 5.56 Å². The van der Waals surface area contributed by atoms with Gasteiger partial charge in [-0.2, -0.15) is 0 Å². The van der Waals surface area contributed by atoms with Crippen molar-refractivity contribution < 1.29 is 17.1 Å². The fraction of sp³-hybridized carbons (Fsp3) is 0.125. The molecule has 0 radical (unpaired) electrons. The van der Waals surface area contributed by atoms with Crippen LogP contribution in [0.5, 0.6) is 0 Å². The van der Waals surface area contributed by atoms with Crippen molar-refractivity contribution in [2.45, 2.75) is 6.61 Å². The normalized spacial score (nSPS) is 7.73. The van der Waals surface area contributed by atoms with Gasteiger partial charge in [-0.15, -0.1) is 0 Å². The molecule has 0 bridgehead atoms. The Balaban J connectivity index is 0. The Kier molecular flexibility index (Phi) is 10.5. The van der Waals surface area contributed by atoms with Gasteiger partial charge in [0.25, 0.3) is 0 Å². The van der Waals surface area contributed by atoms with Crippen molar-refractivity contribution in [2.24, 2.45) is 0 Å². The molecular formula is C8H9ClMgO. The van der Waals surface area contributed by atoms with Crippen LogP contribution in [-0.2, 0) is 11.3 Å². The summed E-state index contributed by atoms with van der Waals surface area (Å²) in [4.78, 5) is 0. The van der Waals surface area contributed by atoms with E-state index >= 15 is 0 Å². The number of halogens is 1. The van der Waals surface area contributed by atoms with Gasteiger partial charge in [-0.25, -0.2) is 7.11 Å². The molecule has 1 aromatic carbocycles. The summed E-state index contributed by atoms with van der Waals surface area (Å²) in [6.07, 6.45) is 0. The number of hydrogen-bond acceptors (Lipinski definition) is 1. The minimum atomic E-state index is 0. The molecule has 0 aliphatic carbocycles. The van der Waals surface area contributed by atoms with E-state index in [1.54, 1.807) is 0 Å². The first-order chi connectivity index (χ1) is 4.43. The van der Waals surface area contributed by atoms with Gasteiger partial charge in [-0.1, -0.05) is 30.3 Å². The third-order valence-corrected chi connectivity index (χ3v) is 1.11. The van der Waals surface area contributed by atoms with E-state index in [2.05, 4.69) is 11.8 Å². The summed E-state index contributed by atoms with van der Waals surface area (Å²) in [6.45, 7) is 0.598. The third-order valence-electron chi connectivity index (χ3n) is 1.11. The molecule has 0 fully saturated rings. The van der Waals surface area contributed by atoms with Crippen LogP contribution in [0, 0.1) is 7.11 Å². The van der Waals surface area contributed by atoms with E-state index in [0.717, 1.165) is 5.56 Å². The number of hydrogen-bond donors (Lipinski definition) is 0. The van der Waals surface area contributed by atoms with Gasteiger partial charge in [-0.3, -0.25) is 0 Å². The molecule has 0 heterocycles. The summed E-state index contributed by atoms with van der Waals surface area (Å²) >= 11 is 0. The second kappa shape index (κ2) is 8.33. The zero-order chi connectivity index (χ0) is 6.53. The quantitative estimate of drug-likeness (QED) is 0.403. The van der Waals surface area contributed by atoms with Crippen LogP contribution < -0.4 is 12.4 Å². The predicted molar refractivity (Wildman–Crippen MR) is 42.3 cm³/mol. The first-order valence-corrected chi connectivity index (χ1v) is 2.84. The molecule has 1 aromatic rings. The molecule has 11 heavy (non-hydrogen) atoms. The monoisotopic (exact) mass is 180 g/mol. The van der Waals surface area contributed by atoms with Crippen molar-refractivity contribution in [3.63, 3.8) is 0 Å². The van der Waals surface area contributed by atoms with Crippen LogP contribution in [0.1, 0.15) is 5.56 Å². The van der Waals surface area contributed by atoms with E-state index in [0.29, 0.717) is 6.61 Å². The molecule has 0 aromatic heterocycles. The number of ether oxygens (including phenoxy) is 1. The summed E-state index contributed by atoms with van der Waals surface area (Å²) in [5.41, 5.74) is 1.16. The Labute approximate surface area is 89.7 Å². The van der Waals surface area contributed by atoms with E-state index < -0.39 is 0 Å². The average molecular weight is 181 g/mol. The summed E-state index contributed by atoms with van der Waals surface area (Å²) in [5.74, 6) is 0. The van der Waals surface area contributed by atoms with E-state index in [9.17, 15) is 0 Å². The van der Waals surface area contributed by atoms with Crippen LogP contribution in [0.4, 0.5) is 0 Å². The Hall–Kier alpha value is 0.236. The maximum absolute atomic E-state index is 4.68. The van der Waals surface area contributed by atoms with Crippen molar-refractivity contribution in [1.82, 2.24) is 0 Å². The van der Waals surface area contributed by atoms with Crippen LogP contribution in [0.2, 0.25) is 0 Å². The molecule has 0 aliphatic rings. The van der Waals surface area contributed by atoms with Gasteiger partial charge in [0.1, 0.15) is 0 Å². The Morgan fingerprint density at radius 1 is 1.18 bits per heavy atom. The third kappa shape index (κ3) is 5.50. The van der Waals surface area contributed by atoms with Crippen LogP contribution >= 0.6 is 0 Å². The van der Waals surface area contributed by atoms with Crippen LogP contribution in [0.3, 0.4) is 0 Å². The zero-order valence-corrected chi connectivity index (χ0v) is 8.46. The molecule has 1 rings (SSSR count). The summed E-state index contributed by atoms with van der Waals surface area (Å²) in [6, 6.07) is 9.95. The maximum atomic E-state index is 4.68. The largest absolute Gasteiger partial charge is 2.00 e. The first-order valence-electron chi connectivity index (χ1n) is 2.84. The number of rotatable bonds is 2. The van der Waals surface area contributed by atoms with Gasteiger partial charge in [0.05, 0.1) is 0 Å². The standard InChI is InChI=1S/C8H9O.ClH.Mg/c1-9-7-8-5-3-2-4-6-8;;/h2-6H,1,7H2;1H;/q-1;;+2/p-1. The molecule has 0 saturated carbocycles. The van der Waals surface area contributed by atoms with Crippen molar-refractivity contribution >= 4 is 23.1 Å². The predicted octanol–water partition coefficient (Wildman–Crippen LogP) is -1.38. The molecule has 0 atom stereocenters. The molecular weight excluding hydrogens is 172 g/mol. The maximum Gasteiger partial charge on any atom is 2.00 e. The van der Waals surface area contributed by atoms with Gasteiger partial charge in [0, 0.05) is 6.61 Å². The van der Waals surface area contributed by atoms with E-state index in [4.69, 9.17) is 0 Å². The van der Waals surface area contributed by atoms with E-state index in [-0.39, 0.29) is 35.5 Å². The van der Waals surface area contributed by atoms with Crippen LogP contribution in [0.25, 0.3) is 0 Å². The van der Waals surface area contributed by atoms with Gasteiger partial charge >= 0.3 is 23.1 Å². The molecule has 0 unspecified atom stereocenters. The van der Waals surface area contributed by atoms with E-state index in [1.807, 2.05) is 30.3 Å². The first kappa shape index (κ1) is 13.8. The van der Waals surface area contributed by atoms with Gasteiger partial charge in [0.2, 0.25) is 0 Å². The van der Waals surface area contributed by atoms with Crippen molar-refractivity contribution in [2.75, 3.05) is 0 Å². The summed E-state index contributed by atoms with van der Waals surface area (Å²) < 4.78 is 4.68. The second-order valence-corrected chi connectivity index (χ2v) is 1.83. The molecule has 0 spiro atoms.